The maximum atomic E-state index is 11.0. The van der Waals surface area contributed by atoms with Crippen LogP contribution in [0.15, 0.2) is 48.5 Å². The monoisotopic (exact) mass is 252 g/mol. The average Bonchev–Trinajstić information content (AvgIpc) is 2.83. The van der Waals surface area contributed by atoms with E-state index in [4.69, 9.17) is 0 Å². The lowest BCUT2D eigenvalue weighted by Crippen LogP contribution is -2.05. The standard InChI is InChI=1S/C14H12N4O/c1-10(19)15-11-6-8-12(9-7-11)18-14-5-3-2-4-13(14)16-17-18/h2-9H,1H3,(H,15,19). The molecule has 0 spiro atoms. The maximum Gasteiger partial charge on any atom is 0.221 e. The summed E-state index contributed by atoms with van der Waals surface area (Å²) in [6.45, 7) is 1.48. The number of fused-ring (bicyclic) bond motifs is 1. The van der Waals surface area contributed by atoms with E-state index in [1.807, 2.05) is 48.5 Å². The molecular weight excluding hydrogens is 240 g/mol. The van der Waals surface area contributed by atoms with Gasteiger partial charge in [0.15, 0.2) is 0 Å². The summed E-state index contributed by atoms with van der Waals surface area (Å²) in [5.74, 6) is -0.0843. The van der Waals surface area contributed by atoms with Crippen molar-refractivity contribution in [3.8, 4) is 5.69 Å². The van der Waals surface area contributed by atoms with Crippen molar-refractivity contribution in [3.63, 3.8) is 0 Å². The largest absolute Gasteiger partial charge is 0.326 e. The zero-order chi connectivity index (χ0) is 13.2. The Labute approximate surface area is 109 Å². The number of hydrogen-bond donors (Lipinski definition) is 1. The van der Waals surface area contributed by atoms with Crippen LogP contribution < -0.4 is 5.32 Å². The van der Waals surface area contributed by atoms with Crippen molar-refractivity contribution in [2.45, 2.75) is 6.92 Å². The second-order valence-corrected chi connectivity index (χ2v) is 4.22. The average molecular weight is 252 g/mol. The minimum atomic E-state index is -0.0843. The fourth-order valence-electron chi connectivity index (χ4n) is 1.95. The van der Waals surface area contributed by atoms with Gasteiger partial charge in [0.2, 0.25) is 5.91 Å². The zero-order valence-electron chi connectivity index (χ0n) is 10.4. The Balaban J connectivity index is 2.00. The highest BCUT2D eigenvalue weighted by Crippen LogP contribution is 2.17. The summed E-state index contributed by atoms with van der Waals surface area (Å²) in [6, 6.07) is 15.2. The summed E-state index contributed by atoms with van der Waals surface area (Å²) in [7, 11) is 0. The Kier molecular flexibility index (Phi) is 2.72. The van der Waals surface area contributed by atoms with E-state index >= 15 is 0 Å². The SMILES string of the molecule is CC(=O)Nc1ccc(-n2nnc3ccccc32)cc1. The Bertz CT molecular complexity index is 731. The van der Waals surface area contributed by atoms with Crippen molar-refractivity contribution < 1.29 is 4.79 Å². The van der Waals surface area contributed by atoms with Crippen molar-refractivity contribution in [1.29, 1.82) is 0 Å². The molecule has 5 heteroatoms. The van der Waals surface area contributed by atoms with Gasteiger partial charge in [-0.05, 0) is 36.4 Å². The third kappa shape index (κ3) is 2.18. The van der Waals surface area contributed by atoms with Crippen LogP contribution in [0.25, 0.3) is 16.7 Å². The number of para-hydroxylation sites is 1. The number of anilines is 1. The molecular formula is C14H12N4O. The van der Waals surface area contributed by atoms with Gasteiger partial charge in [0.25, 0.3) is 0 Å². The molecule has 0 aliphatic heterocycles. The molecule has 3 aromatic rings. The van der Waals surface area contributed by atoms with E-state index in [0.29, 0.717) is 0 Å². The summed E-state index contributed by atoms with van der Waals surface area (Å²) in [6.07, 6.45) is 0. The molecule has 0 unspecified atom stereocenters. The maximum absolute atomic E-state index is 11.0. The molecule has 0 saturated heterocycles. The predicted octanol–water partition coefficient (Wildman–Crippen LogP) is 2.38. The number of nitrogens with zero attached hydrogens (tertiary/aromatic N) is 3. The number of benzene rings is 2. The third-order valence-corrected chi connectivity index (χ3v) is 2.78. The third-order valence-electron chi connectivity index (χ3n) is 2.78. The summed E-state index contributed by atoms with van der Waals surface area (Å²) in [5.41, 5.74) is 3.48. The van der Waals surface area contributed by atoms with Crippen LogP contribution in [0.4, 0.5) is 5.69 Å². The van der Waals surface area contributed by atoms with Gasteiger partial charge in [-0.3, -0.25) is 4.79 Å². The van der Waals surface area contributed by atoms with E-state index < -0.39 is 0 Å². The van der Waals surface area contributed by atoms with Crippen LogP contribution in [0.2, 0.25) is 0 Å². The number of hydrogen-bond acceptors (Lipinski definition) is 3. The molecule has 1 heterocycles. The molecule has 2 aromatic carbocycles. The molecule has 1 N–H and O–H groups in total. The van der Waals surface area contributed by atoms with E-state index in [0.717, 1.165) is 22.4 Å². The number of carbonyl (C=O) groups excluding carboxylic acids is 1. The Morgan fingerprint density at radius 1 is 1.11 bits per heavy atom. The van der Waals surface area contributed by atoms with Crippen LogP contribution in [0.3, 0.4) is 0 Å². The van der Waals surface area contributed by atoms with E-state index in [2.05, 4.69) is 15.6 Å². The summed E-state index contributed by atoms with van der Waals surface area (Å²) < 4.78 is 1.77. The molecule has 1 aromatic heterocycles. The fraction of sp³-hybridized carbons (Fsp3) is 0.0714. The molecule has 0 aliphatic rings. The normalized spacial score (nSPS) is 10.6. The summed E-state index contributed by atoms with van der Waals surface area (Å²) in [4.78, 5) is 11.0. The van der Waals surface area contributed by atoms with Crippen LogP contribution in [0.5, 0.6) is 0 Å². The van der Waals surface area contributed by atoms with Crippen LogP contribution in [-0.4, -0.2) is 20.9 Å². The van der Waals surface area contributed by atoms with Crippen LogP contribution in [0, 0.1) is 0 Å². The van der Waals surface area contributed by atoms with E-state index in [9.17, 15) is 4.79 Å². The van der Waals surface area contributed by atoms with Gasteiger partial charge in [0.1, 0.15) is 5.52 Å². The smallest absolute Gasteiger partial charge is 0.221 e. The Morgan fingerprint density at radius 2 is 1.84 bits per heavy atom. The molecule has 0 aliphatic carbocycles. The van der Waals surface area contributed by atoms with Crippen molar-refractivity contribution in [2.75, 3.05) is 5.32 Å². The Morgan fingerprint density at radius 3 is 2.58 bits per heavy atom. The molecule has 94 valence electrons. The highest BCUT2D eigenvalue weighted by atomic mass is 16.1. The lowest BCUT2D eigenvalue weighted by Gasteiger charge is -2.05. The summed E-state index contributed by atoms with van der Waals surface area (Å²) >= 11 is 0. The first kappa shape index (κ1) is 11.4. The van der Waals surface area contributed by atoms with Crippen LogP contribution in [0.1, 0.15) is 6.92 Å². The quantitative estimate of drug-likeness (QED) is 0.761. The van der Waals surface area contributed by atoms with Gasteiger partial charge in [0, 0.05) is 12.6 Å². The number of rotatable bonds is 2. The molecule has 0 bridgehead atoms. The first-order valence-electron chi connectivity index (χ1n) is 5.92. The second-order valence-electron chi connectivity index (χ2n) is 4.22. The van der Waals surface area contributed by atoms with Gasteiger partial charge in [-0.15, -0.1) is 5.10 Å². The number of nitrogens with one attached hydrogen (secondary N) is 1. The van der Waals surface area contributed by atoms with Gasteiger partial charge < -0.3 is 5.32 Å². The number of amides is 1. The topological polar surface area (TPSA) is 59.8 Å². The lowest BCUT2D eigenvalue weighted by atomic mass is 10.2. The molecule has 0 fully saturated rings. The van der Waals surface area contributed by atoms with Crippen LogP contribution in [-0.2, 0) is 4.79 Å². The van der Waals surface area contributed by atoms with Gasteiger partial charge in [-0.25, -0.2) is 4.68 Å². The number of aromatic nitrogens is 3. The van der Waals surface area contributed by atoms with Gasteiger partial charge in [0.05, 0.1) is 11.2 Å². The molecule has 5 nitrogen and oxygen atoms in total. The van der Waals surface area contributed by atoms with E-state index in [-0.39, 0.29) is 5.91 Å². The van der Waals surface area contributed by atoms with Crippen molar-refractivity contribution in [2.24, 2.45) is 0 Å². The highest BCUT2D eigenvalue weighted by Gasteiger charge is 2.05. The van der Waals surface area contributed by atoms with Crippen molar-refractivity contribution >= 4 is 22.6 Å². The van der Waals surface area contributed by atoms with Crippen molar-refractivity contribution in [1.82, 2.24) is 15.0 Å². The van der Waals surface area contributed by atoms with Crippen molar-refractivity contribution in [3.05, 3.63) is 48.5 Å². The molecule has 1 amide bonds. The molecule has 19 heavy (non-hydrogen) atoms. The minimum absolute atomic E-state index is 0.0843. The lowest BCUT2D eigenvalue weighted by molar-refractivity contribution is -0.114. The van der Waals surface area contributed by atoms with Gasteiger partial charge in [-0.2, -0.15) is 0 Å². The number of carbonyl (C=O) groups is 1. The molecule has 0 radical (unpaired) electrons. The first-order valence-corrected chi connectivity index (χ1v) is 5.92. The summed E-state index contributed by atoms with van der Waals surface area (Å²) in [5, 5.41) is 11.0. The Hall–Kier alpha value is -2.69. The van der Waals surface area contributed by atoms with Crippen LogP contribution >= 0.6 is 0 Å². The minimum Gasteiger partial charge on any atom is -0.326 e. The van der Waals surface area contributed by atoms with Gasteiger partial charge >= 0.3 is 0 Å². The fourth-order valence-corrected chi connectivity index (χ4v) is 1.95. The first-order chi connectivity index (χ1) is 9.24. The molecule has 0 atom stereocenters. The molecule has 0 saturated carbocycles. The molecule has 3 rings (SSSR count). The predicted molar refractivity (Wildman–Crippen MR) is 73.2 cm³/mol. The van der Waals surface area contributed by atoms with E-state index in [1.54, 1.807) is 4.68 Å². The second kappa shape index (κ2) is 4.53. The zero-order valence-corrected chi connectivity index (χ0v) is 10.4. The highest BCUT2D eigenvalue weighted by molar-refractivity contribution is 5.88. The van der Waals surface area contributed by atoms with Gasteiger partial charge in [-0.1, -0.05) is 17.3 Å². The van der Waals surface area contributed by atoms with E-state index in [1.165, 1.54) is 6.92 Å².